The highest BCUT2D eigenvalue weighted by atomic mass is 16.5. The highest BCUT2D eigenvalue weighted by Crippen LogP contribution is 2.43. The van der Waals surface area contributed by atoms with Gasteiger partial charge in [0.15, 0.2) is 0 Å². The minimum absolute atomic E-state index is 0.172. The van der Waals surface area contributed by atoms with Crippen LogP contribution < -0.4 is 4.74 Å². The molecule has 0 N–H and O–H groups in total. The summed E-state index contributed by atoms with van der Waals surface area (Å²) in [4.78, 5) is 0. The average Bonchev–Trinajstić information content (AvgIpc) is 2.31. The van der Waals surface area contributed by atoms with E-state index in [9.17, 15) is 0 Å². The Hall–Kier alpha value is -1.02. The Labute approximate surface area is 103 Å². The molecule has 92 valence electrons. The van der Waals surface area contributed by atoms with E-state index in [2.05, 4.69) is 25.1 Å². The van der Waals surface area contributed by atoms with Crippen molar-refractivity contribution >= 4 is 0 Å². The molecule has 2 nitrogen and oxygen atoms in total. The third-order valence-electron chi connectivity index (χ3n) is 4.10. The number of para-hydroxylation sites is 1. The number of hydrogen-bond acceptors (Lipinski definition) is 2. The van der Waals surface area contributed by atoms with Crippen LogP contribution in [0, 0.1) is 6.92 Å². The van der Waals surface area contributed by atoms with Gasteiger partial charge < -0.3 is 9.47 Å². The Morgan fingerprint density at radius 3 is 2.82 bits per heavy atom. The molecule has 0 aromatic heterocycles. The molecule has 17 heavy (non-hydrogen) atoms. The first-order chi connectivity index (χ1) is 8.27. The zero-order valence-electron chi connectivity index (χ0n) is 10.4. The predicted octanol–water partition coefficient (Wildman–Crippen LogP) is 3.48. The van der Waals surface area contributed by atoms with E-state index in [-0.39, 0.29) is 5.60 Å². The largest absolute Gasteiger partial charge is 0.490 e. The first-order valence-electron chi connectivity index (χ1n) is 6.64. The Morgan fingerprint density at radius 1 is 1.29 bits per heavy atom. The number of benzene rings is 1. The minimum atomic E-state index is 0.172. The van der Waals surface area contributed by atoms with Gasteiger partial charge in [-0.2, -0.15) is 0 Å². The van der Waals surface area contributed by atoms with Crippen molar-refractivity contribution in [1.82, 2.24) is 0 Å². The van der Waals surface area contributed by atoms with Gasteiger partial charge >= 0.3 is 0 Å². The van der Waals surface area contributed by atoms with Crippen LogP contribution in [0.15, 0.2) is 24.3 Å². The molecule has 1 aromatic carbocycles. The SMILES string of the molecule is Cc1ccccc1OC1CCOC2(CCC2)C1. The molecular weight excluding hydrogens is 212 g/mol. The summed E-state index contributed by atoms with van der Waals surface area (Å²) in [6.07, 6.45) is 6.20. The van der Waals surface area contributed by atoms with E-state index in [1.165, 1.54) is 24.8 Å². The number of rotatable bonds is 2. The molecule has 0 amide bonds. The Kier molecular flexibility index (Phi) is 2.83. The van der Waals surface area contributed by atoms with Gasteiger partial charge in [-0.05, 0) is 37.8 Å². The Balaban J connectivity index is 1.67. The van der Waals surface area contributed by atoms with Gasteiger partial charge in [0.1, 0.15) is 11.9 Å². The highest BCUT2D eigenvalue weighted by Gasteiger charge is 2.43. The normalized spacial score (nSPS) is 26.5. The molecule has 1 saturated heterocycles. The second kappa shape index (κ2) is 4.34. The maximum absolute atomic E-state index is 6.14. The Bertz CT molecular complexity index is 396. The summed E-state index contributed by atoms with van der Waals surface area (Å²) in [7, 11) is 0. The van der Waals surface area contributed by atoms with Crippen LogP contribution in [0.4, 0.5) is 0 Å². The monoisotopic (exact) mass is 232 g/mol. The summed E-state index contributed by atoms with van der Waals surface area (Å²) < 4.78 is 12.1. The molecule has 2 aliphatic rings. The summed E-state index contributed by atoms with van der Waals surface area (Å²) in [6.45, 7) is 2.96. The van der Waals surface area contributed by atoms with E-state index >= 15 is 0 Å². The lowest BCUT2D eigenvalue weighted by Crippen LogP contribution is -2.48. The maximum atomic E-state index is 6.14. The zero-order valence-corrected chi connectivity index (χ0v) is 10.4. The zero-order chi connectivity index (χ0) is 11.7. The molecule has 2 heteroatoms. The predicted molar refractivity (Wildman–Crippen MR) is 67.4 cm³/mol. The van der Waals surface area contributed by atoms with Crippen molar-refractivity contribution in [1.29, 1.82) is 0 Å². The van der Waals surface area contributed by atoms with Gasteiger partial charge in [0.05, 0.1) is 12.2 Å². The lowest BCUT2D eigenvalue weighted by atomic mass is 9.74. The van der Waals surface area contributed by atoms with Crippen LogP contribution in [0.3, 0.4) is 0 Å². The van der Waals surface area contributed by atoms with Crippen molar-refractivity contribution in [2.24, 2.45) is 0 Å². The lowest BCUT2D eigenvalue weighted by molar-refractivity contribution is -0.153. The minimum Gasteiger partial charge on any atom is -0.490 e. The molecule has 0 bridgehead atoms. The molecular formula is C15H20O2. The van der Waals surface area contributed by atoms with Crippen LogP contribution >= 0.6 is 0 Å². The second-order valence-electron chi connectivity index (χ2n) is 5.38. The van der Waals surface area contributed by atoms with E-state index in [4.69, 9.17) is 9.47 Å². The number of ether oxygens (including phenoxy) is 2. The van der Waals surface area contributed by atoms with Crippen LogP contribution in [0.2, 0.25) is 0 Å². The van der Waals surface area contributed by atoms with Gasteiger partial charge in [0.2, 0.25) is 0 Å². The molecule has 1 aliphatic carbocycles. The van der Waals surface area contributed by atoms with Crippen molar-refractivity contribution in [3.63, 3.8) is 0 Å². The van der Waals surface area contributed by atoms with Crippen molar-refractivity contribution in [2.75, 3.05) is 6.61 Å². The van der Waals surface area contributed by atoms with Crippen LogP contribution in [0.5, 0.6) is 5.75 Å². The average molecular weight is 232 g/mol. The highest BCUT2D eigenvalue weighted by molar-refractivity contribution is 5.32. The van der Waals surface area contributed by atoms with Gasteiger partial charge in [0, 0.05) is 12.8 Å². The third-order valence-corrected chi connectivity index (χ3v) is 4.10. The third kappa shape index (κ3) is 2.19. The van der Waals surface area contributed by atoms with Gasteiger partial charge in [-0.1, -0.05) is 18.2 Å². The standard InChI is InChI=1S/C15H20O2/c1-12-5-2-3-6-14(12)17-13-7-10-16-15(11-13)8-4-9-15/h2-3,5-6,13H,4,7-11H2,1H3. The molecule has 3 rings (SSSR count). The Morgan fingerprint density at radius 2 is 2.12 bits per heavy atom. The van der Waals surface area contributed by atoms with E-state index in [1.54, 1.807) is 0 Å². The van der Waals surface area contributed by atoms with E-state index in [0.717, 1.165) is 25.2 Å². The quantitative estimate of drug-likeness (QED) is 0.777. The second-order valence-corrected chi connectivity index (χ2v) is 5.38. The molecule has 1 aromatic rings. The van der Waals surface area contributed by atoms with E-state index in [1.807, 2.05) is 6.07 Å². The van der Waals surface area contributed by atoms with Crippen molar-refractivity contribution in [3.05, 3.63) is 29.8 Å². The van der Waals surface area contributed by atoms with Gasteiger partial charge in [-0.25, -0.2) is 0 Å². The molecule has 1 atom stereocenters. The molecule has 1 saturated carbocycles. The summed E-state index contributed by atoms with van der Waals surface area (Å²) in [5.74, 6) is 1.04. The van der Waals surface area contributed by atoms with E-state index < -0.39 is 0 Å². The van der Waals surface area contributed by atoms with Crippen LogP contribution in [0.25, 0.3) is 0 Å². The van der Waals surface area contributed by atoms with Gasteiger partial charge in [-0.15, -0.1) is 0 Å². The summed E-state index contributed by atoms with van der Waals surface area (Å²) >= 11 is 0. The van der Waals surface area contributed by atoms with Crippen LogP contribution in [0.1, 0.15) is 37.7 Å². The summed E-state index contributed by atoms with van der Waals surface area (Å²) in [6, 6.07) is 8.27. The fourth-order valence-electron chi connectivity index (χ4n) is 2.87. The van der Waals surface area contributed by atoms with Gasteiger partial charge in [0.25, 0.3) is 0 Å². The first kappa shape index (κ1) is 11.1. The first-order valence-corrected chi connectivity index (χ1v) is 6.64. The molecule has 1 aliphatic heterocycles. The molecule has 1 heterocycles. The topological polar surface area (TPSA) is 18.5 Å². The van der Waals surface area contributed by atoms with Crippen molar-refractivity contribution in [3.8, 4) is 5.75 Å². The fraction of sp³-hybridized carbons (Fsp3) is 0.600. The molecule has 0 radical (unpaired) electrons. The van der Waals surface area contributed by atoms with Crippen LogP contribution in [-0.2, 0) is 4.74 Å². The number of hydrogen-bond donors (Lipinski definition) is 0. The lowest BCUT2D eigenvalue weighted by Gasteiger charge is -2.47. The summed E-state index contributed by atoms with van der Waals surface area (Å²) in [5.41, 5.74) is 1.40. The van der Waals surface area contributed by atoms with Gasteiger partial charge in [-0.3, -0.25) is 0 Å². The molecule has 1 spiro atoms. The summed E-state index contributed by atoms with van der Waals surface area (Å²) in [5, 5.41) is 0. The number of aryl methyl sites for hydroxylation is 1. The molecule has 2 fully saturated rings. The van der Waals surface area contributed by atoms with E-state index in [0.29, 0.717) is 6.10 Å². The van der Waals surface area contributed by atoms with Crippen molar-refractivity contribution in [2.45, 2.75) is 50.7 Å². The fourth-order valence-corrected chi connectivity index (χ4v) is 2.87. The molecule has 1 unspecified atom stereocenters. The smallest absolute Gasteiger partial charge is 0.122 e. The van der Waals surface area contributed by atoms with Crippen molar-refractivity contribution < 1.29 is 9.47 Å². The van der Waals surface area contributed by atoms with Crippen LogP contribution in [-0.4, -0.2) is 18.3 Å². The maximum Gasteiger partial charge on any atom is 0.122 e.